The average Bonchev–Trinajstić information content (AvgIpc) is 2.88. The normalized spacial score (nSPS) is 10.6. The van der Waals surface area contributed by atoms with Crippen LogP contribution in [-0.4, -0.2) is 23.6 Å². The minimum Gasteiger partial charge on any atom is -0.385 e. The van der Waals surface area contributed by atoms with Gasteiger partial charge in [-0.05, 0) is 18.6 Å². The molecular weight excluding hydrogens is 264 g/mol. The first kappa shape index (κ1) is 13.6. The SMILES string of the molecule is COCCCc1nc(-c2ccc([N+](=O)[O-])cc2)cs1. The summed E-state index contributed by atoms with van der Waals surface area (Å²) in [5.41, 5.74) is 1.87. The van der Waals surface area contributed by atoms with Crippen LogP contribution in [0, 0.1) is 10.1 Å². The number of nitro benzene ring substituents is 1. The van der Waals surface area contributed by atoms with Gasteiger partial charge in [0.2, 0.25) is 0 Å². The van der Waals surface area contributed by atoms with Crippen molar-refractivity contribution in [1.82, 2.24) is 4.98 Å². The Morgan fingerprint density at radius 3 is 2.74 bits per heavy atom. The van der Waals surface area contributed by atoms with E-state index in [0.29, 0.717) is 0 Å². The summed E-state index contributed by atoms with van der Waals surface area (Å²) >= 11 is 1.60. The molecule has 0 radical (unpaired) electrons. The molecule has 0 saturated heterocycles. The molecule has 6 heteroatoms. The number of hydrogen-bond acceptors (Lipinski definition) is 5. The first-order valence-electron chi connectivity index (χ1n) is 5.89. The van der Waals surface area contributed by atoms with Gasteiger partial charge in [0.25, 0.3) is 5.69 Å². The number of aromatic nitrogens is 1. The van der Waals surface area contributed by atoms with Gasteiger partial charge in [-0.15, -0.1) is 11.3 Å². The molecule has 0 saturated carbocycles. The van der Waals surface area contributed by atoms with Gasteiger partial charge in [0.15, 0.2) is 0 Å². The Morgan fingerprint density at radius 1 is 1.37 bits per heavy atom. The number of aryl methyl sites for hydroxylation is 1. The topological polar surface area (TPSA) is 65.3 Å². The molecule has 0 spiro atoms. The second-order valence-corrected chi connectivity index (χ2v) is 4.97. The highest BCUT2D eigenvalue weighted by Gasteiger charge is 2.08. The van der Waals surface area contributed by atoms with E-state index in [2.05, 4.69) is 4.98 Å². The monoisotopic (exact) mass is 278 g/mol. The smallest absolute Gasteiger partial charge is 0.269 e. The summed E-state index contributed by atoms with van der Waals surface area (Å²) in [7, 11) is 1.68. The molecule has 0 unspecified atom stereocenters. The minimum atomic E-state index is -0.402. The van der Waals surface area contributed by atoms with E-state index in [-0.39, 0.29) is 5.69 Å². The van der Waals surface area contributed by atoms with Crippen LogP contribution in [-0.2, 0) is 11.2 Å². The van der Waals surface area contributed by atoms with Gasteiger partial charge in [-0.1, -0.05) is 0 Å². The van der Waals surface area contributed by atoms with Crippen LogP contribution in [0.1, 0.15) is 11.4 Å². The molecule has 2 aromatic rings. The zero-order valence-corrected chi connectivity index (χ0v) is 11.4. The molecule has 0 aliphatic rings. The van der Waals surface area contributed by atoms with Crippen molar-refractivity contribution in [1.29, 1.82) is 0 Å². The summed E-state index contributed by atoms with van der Waals surface area (Å²) in [6.07, 6.45) is 1.84. The average molecular weight is 278 g/mol. The maximum absolute atomic E-state index is 10.6. The van der Waals surface area contributed by atoms with Gasteiger partial charge in [0, 0.05) is 43.2 Å². The molecule has 0 aliphatic heterocycles. The summed E-state index contributed by atoms with van der Waals surface area (Å²) in [6.45, 7) is 0.729. The van der Waals surface area contributed by atoms with Crippen LogP contribution in [0.25, 0.3) is 11.3 Å². The maximum Gasteiger partial charge on any atom is 0.269 e. The van der Waals surface area contributed by atoms with E-state index in [1.165, 1.54) is 12.1 Å². The number of nitro groups is 1. The lowest BCUT2D eigenvalue weighted by Gasteiger charge is -1.97. The fourth-order valence-electron chi connectivity index (χ4n) is 1.68. The lowest BCUT2D eigenvalue weighted by Crippen LogP contribution is -1.92. The Hall–Kier alpha value is -1.79. The molecule has 19 heavy (non-hydrogen) atoms. The standard InChI is InChI=1S/C13H14N2O3S/c1-18-8-2-3-13-14-12(9-19-13)10-4-6-11(7-5-10)15(16)17/h4-7,9H,2-3,8H2,1H3. The van der Waals surface area contributed by atoms with Gasteiger partial charge in [0.1, 0.15) is 0 Å². The molecule has 0 fully saturated rings. The zero-order chi connectivity index (χ0) is 13.7. The number of non-ortho nitro benzene ring substituents is 1. The predicted octanol–water partition coefficient (Wildman–Crippen LogP) is 3.30. The van der Waals surface area contributed by atoms with Crippen molar-refractivity contribution in [2.24, 2.45) is 0 Å². The Labute approximate surface area is 115 Å². The van der Waals surface area contributed by atoms with Crippen molar-refractivity contribution in [2.45, 2.75) is 12.8 Å². The number of thiazole rings is 1. The second kappa shape index (κ2) is 6.40. The van der Waals surface area contributed by atoms with Crippen molar-refractivity contribution in [3.63, 3.8) is 0 Å². The van der Waals surface area contributed by atoms with E-state index in [1.54, 1.807) is 30.6 Å². The quantitative estimate of drug-likeness (QED) is 0.462. The van der Waals surface area contributed by atoms with Crippen molar-refractivity contribution in [3.05, 3.63) is 44.8 Å². The van der Waals surface area contributed by atoms with Crippen LogP contribution in [0.5, 0.6) is 0 Å². The summed E-state index contributed by atoms with van der Waals surface area (Å²) in [6, 6.07) is 6.46. The third kappa shape index (κ3) is 3.59. The summed E-state index contributed by atoms with van der Waals surface area (Å²) in [5.74, 6) is 0. The molecular formula is C13H14N2O3S. The summed E-state index contributed by atoms with van der Waals surface area (Å²) < 4.78 is 5.00. The van der Waals surface area contributed by atoms with E-state index in [4.69, 9.17) is 4.74 Å². The molecule has 0 aliphatic carbocycles. The largest absolute Gasteiger partial charge is 0.385 e. The Kier molecular flexibility index (Phi) is 4.59. The Bertz CT molecular complexity index is 551. The molecule has 5 nitrogen and oxygen atoms in total. The highest BCUT2D eigenvalue weighted by molar-refractivity contribution is 7.09. The molecule has 1 aromatic carbocycles. The number of nitrogens with zero attached hydrogens (tertiary/aromatic N) is 2. The van der Waals surface area contributed by atoms with Crippen molar-refractivity contribution >= 4 is 17.0 Å². The van der Waals surface area contributed by atoms with E-state index >= 15 is 0 Å². The number of benzene rings is 1. The molecule has 1 aromatic heterocycles. The fraction of sp³-hybridized carbons (Fsp3) is 0.308. The van der Waals surface area contributed by atoms with Crippen molar-refractivity contribution in [2.75, 3.05) is 13.7 Å². The Morgan fingerprint density at radius 2 is 2.11 bits per heavy atom. The first-order chi connectivity index (χ1) is 9.20. The van der Waals surface area contributed by atoms with Gasteiger partial charge in [-0.25, -0.2) is 4.98 Å². The van der Waals surface area contributed by atoms with Gasteiger partial charge in [-0.3, -0.25) is 10.1 Å². The van der Waals surface area contributed by atoms with Crippen LogP contribution in [0.3, 0.4) is 0 Å². The molecule has 1 heterocycles. The van der Waals surface area contributed by atoms with E-state index in [1.807, 2.05) is 5.38 Å². The summed E-state index contributed by atoms with van der Waals surface area (Å²) in [4.78, 5) is 14.7. The molecule has 0 atom stereocenters. The van der Waals surface area contributed by atoms with Crippen molar-refractivity contribution in [3.8, 4) is 11.3 Å². The third-order valence-electron chi connectivity index (χ3n) is 2.66. The highest BCUT2D eigenvalue weighted by Crippen LogP contribution is 2.24. The third-order valence-corrected chi connectivity index (χ3v) is 3.57. The van der Waals surface area contributed by atoms with E-state index in [9.17, 15) is 10.1 Å². The molecule has 0 bridgehead atoms. The number of hydrogen-bond donors (Lipinski definition) is 0. The predicted molar refractivity (Wildman–Crippen MR) is 74.4 cm³/mol. The molecule has 2 rings (SSSR count). The van der Waals surface area contributed by atoms with E-state index < -0.39 is 4.92 Å². The van der Waals surface area contributed by atoms with Crippen LogP contribution in [0.4, 0.5) is 5.69 Å². The lowest BCUT2D eigenvalue weighted by molar-refractivity contribution is -0.384. The van der Waals surface area contributed by atoms with Crippen LogP contribution < -0.4 is 0 Å². The zero-order valence-electron chi connectivity index (χ0n) is 10.5. The van der Waals surface area contributed by atoms with Gasteiger partial charge < -0.3 is 4.74 Å². The number of methoxy groups -OCH3 is 1. The number of rotatable bonds is 6. The highest BCUT2D eigenvalue weighted by atomic mass is 32.1. The lowest BCUT2D eigenvalue weighted by atomic mass is 10.1. The fourth-order valence-corrected chi connectivity index (χ4v) is 2.53. The molecule has 0 amide bonds. The van der Waals surface area contributed by atoms with E-state index in [0.717, 1.165) is 35.7 Å². The number of ether oxygens (including phenoxy) is 1. The summed E-state index contributed by atoms with van der Waals surface area (Å²) in [5, 5.41) is 13.6. The van der Waals surface area contributed by atoms with Gasteiger partial charge in [0.05, 0.1) is 15.6 Å². The minimum absolute atomic E-state index is 0.0966. The molecule has 0 N–H and O–H groups in total. The van der Waals surface area contributed by atoms with Gasteiger partial charge in [-0.2, -0.15) is 0 Å². The van der Waals surface area contributed by atoms with Gasteiger partial charge >= 0.3 is 0 Å². The maximum atomic E-state index is 10.6. The van der Waals surface area contributed by atoms with Crippen LogP contribution in [0.2, 0.25) is 0 Å². The van der Waals surface area contributed by atoms with Crippen LogP contribution in [0.15, 0.2) is 29.6 Å². The first-order valence-corrected chi connectivity index (χ1v) is 6.77. The molecule has 100 valence electrons. The van der Waals surface area contributed by atoms with Crippen LogP contribution >= 0.6 is 11.3 Å². The second-order valence-electron chi connectivity index (χ2n) is 4.03. The Balaban J connectivity index is 2.07. The van der Waals surface area contributed by atoms with Crippen molar-refractivity contribution < 1.29 is 9.66 Å².